The molecule has 0 N–H and O–H groups in total. The van der Waals surface area contributed by atoms with Gasteiger partial charge in [-0.1, -0.05) is 6.92 Å². The molecule has 0 bridgehead atoms. The standard InChI is InChI=1S/C12H21O4S/c1-2-5-11(13)15-6-7-16-12(14)10-17-8-3-4-9-17/h2-10H2,1H3/q+1. The zero-order valence-corrected chi connectivity index (χ0v) is 11.2. The summed E-state index contributed by atoms with van der Waals surface area (Å²) in [6, 6.07) is 0. The van der Waals surface area contributed by atoms with Gasteiger partial charge in [0.25, 0.3) is 0 Å². The lowest BCUT2D eigenvalue weighted by Crippen LogP contribution is -2.22. The Kier molecular flexibility index (Phi) is 7.08. The fraction of sp³-hybridized carbons (Fsp3) is 0.833. The molecule has 0 aromatic rings. The van der Waals surface area contributed by atoms with E-state index in [0.717, 1.165) is 6.42 Å². The maximum atomic E-state index is 11.4. The Morgan fingerprint density at radius 2 is 1.65 bits per heavy atom. The lowest BCUT2D eigenvalue weighted by Gasteiger charge is -2.05. The molecule has 0 aromatic heterocycles. The van der Waals surface area contributed by atoms with Crippen molar-refractivity contribution in [3.63, 3.8) is 0 Å². The molecule has 0 amide bonds. The summed E-state index contributed by atoms with van der Waals surface area (Å²) in [5.41, 5.74) is 0. The van der Waals surface area contributed by atoms with Crippen molar-refractivity contribution in [2.45, 2.75) is 32.6 Å². The van der Waals surface area contributed by atoms with E-state index in [1.165, 1.54) is 24.3 Å². The van der Waals surface area contributed by atoms with Crippen LogP contribution in [0.2, 0.25) is 0 Å². The predicted molar refractivity (Wildman–Crippen MR) is 68.0 cm³/mol. The molecule has 1 saturated heterocycles. The van der Waals surface area contributed by atoms with Crippen molar-refractivity contribution in [1.29, 1.82) is 0 Å². The van der Waals surface area contributed by atoms with Crippen LogP contribution < -0.4 is 0 Å². The number of carbonyl (C=O) groups excluding carboxylic acids is 2. The van der Waals surface area contributed by atoms with Crippen LogP contribution in [0.25, 0.3) is 0 Å². The molecule has 1 rings (SSSR count). The monoisotopic (exact) mass is 261 g/mol. The van der Waals surface area contributed by atoms with E-state index in [4.69, 9.17) is 9.47 Å². The first-order valence-electron chi connectivity index (χ1n) is 6.17. The van der Waals surface area contributed by atoms with E-state index < -0.39 is 0 Å². The molecule has 1 aliphatic heterocycles. The van der Waals surface area contributed by atoms with Crippen LogP contribution in [-0.2, 0) is 30.0 Å². The maximum absolute atomic E-state index is 11.4. The summed E-state index contributed by atoms with van der Waals surface area (Å²) in [6.45, 7) is 2.29. The van der Waals surface area contributed by atoms with Crippen molar-refractivity contribution < 1.29 is 19.1 Å². The van der Waals surface area contributed by atoms with Gasteiger partial charge in [-0.15, -0.1) is 0 Å². The van der Waals surface area contributed by atoms with Crippen LogP contribution in [0.3, 0.4) is 0 Å². The zero-order chi connectivity index (χ0) is 12.5. The smallest absolute Gasteiger partial charge is 0.356 e. The third-order valence-corrected chi connectivity index (χ3v) is 4.88. The third kappa shape index (κ3) is 6.56. The molecule has 1 heterocycles. The van der Waals surface area contributed by atoms with Crippen molar-refractivity contribution in [3.8, 4) is 0 Å². The molecule has 17 heavy (non-hydrogen) atoms. The van der Waals surface area contributed by atoms with Crippen LogP contribution in [0.1, 0.15) is 32.6 Å². The van der Waals surface area contributed by atoms with E-state index >= 15 is 0 Å². The molecule has 4 nitrogen and oxygen atoms in total. The Morgan fingerprint density at radius 1 is 1.06 bits per heavy atom. The minimum absolute atomic E-state index is 0.151. The Hall–Kier alpha value is -0.710. The van der Waals surface area contributed by atoms with E-state index in [2.05, 4.69) is 0 Å². The van der Waals surface area contributed by atoms with Gasteiger partial charge in [0.1, 0.15) is 24.7 Å². The van der Waals surface area contributed by atoms with Crippen LogP contribution in [0.4, 0.5) is 0 Å². The SMILES string of the molecule is CCCC(=O)OCCOC(=O)C[S+]1CCCC1. The first kappa shape index (κ1) is 14.4. The van der Waals surface area contributed by atoms with Crippen molar-refractivity contribution >= 4 is 22.8 Å². The van der Waals surface area contributed by atoms with Gasteiger partial charge in [-0.05, 0) is 30.2 Å². The highest BCUT2D eigenvalue weighted by Gasteiger charge is 2.27. The number of hydrogen-bond donors (Lipinski definition) is 0. The summed E-state index contributed by atoms with van der Waals surface area (Å²) < 4.78 is 9.91. The fourth-order valence-electron chi connectivity index (χ4n) is 1.65. The molecular formula is C12H21O4S+. The molecule has 0 saturated carbocycles. The fourth-order valence-corrected chi connectivity index (χ4v) is 3.79. The quantitative estimate of drug-likeness (QED) is 0.393. The van der Waals surface area contributed by atoms with Gasteiger partial charge in [0.15, 0.2) is 0 Å². The molecule has 98 valence electrons. The van der Waals surface area contributed by atoms with E-state index in [1.54, 1.807) is 0 Å². The normalized spacial score (nSPS) is 15.8. The molecule has 0 unspecified atom stereocenters. The molecule has 1 fully saturated rings. The first-order chi connectivity index (χ1) is 8.22. The number of rotatable bonds is 7. The van der Waals surface area contributed by atoms with E-state index in [-0.39, 0.29) is 36.0 Å². The van der Waals surface area contributed by atoms with E-state index in [0.29, 0.717) is 12.2 Å². The molecule has 0 aromatic carbocycles. The van der Waals surface area contributed by atoms with Gasteiger partial charge in [0.2, 0.25) is 5.75 Å². The predicted octanol–water partition coefficient (Wildman–Crippen LogP) is 1.28. The van der Waals surface area contributed by atoms with Gasteiger partial charge in [0.05, 0.1) is 0 Å². The van der Waals surface area contributed by atoms with Crippen LogP contribution in [-0.4, -0.2) is 42.4 Å². The van der Waals surface area contributed by atoms with Crippen LogP contribution in [0, 0.1) is 0 Å². The van der Waals surface area contributed by atoms with Gasteiger partial charge >= 0.3 is 11.9 Å². The zero-order valence-electron chi connectivity index (χ0n) is 10.4. The number of hydrogen-bond acceptors (Lipinski definition) is 4. The Balaban J connectivity index is 1.98. The van der Waals surface area contributed by atoms with E-state index in [9.17, 15) is 9.59 Å². The summed E-state index contributed by atoms with van der Waals surface area (Å²) in [6.07, 6.45) is 3.69. The summed E-state index contributed by atoms with van der Waals surface area (Å²) in [5.74, 6) is 2.51. The molecule has 0 atom stereocenters. The minimum Gasteiger partial charge on any atom is -0.462 e. The second-order valence-corrected chi connectivity index (χ2v) is 6.39. The van der Waals surface area contributed by atoms with Gasteiger partial charge in [-0.3, -0.25) is 4.79 Å². The summed E-state index contributed by atoms with van der Waals surface area (Å²) >= 11 is 0. The molecule has 0 aliphatic carbocycles. The van der Waals surface area contributed by atoms with Crippen molar-refractivity contribution in [3.05, 3.63) is 0 Å². The lowest BCUT2D eigenvalue weighted by atomic mass is 10.3. The van der Waals surface area contributed by atoms with Gasteiger partial charge in [-0.2, -0.15) is 0 Å². The lowest BCUT2D eigenvalue weighted by molar-refractivity contribution is -0.150. The summed E-state index contributed by atoms with van der Waals surface area (Å²) in [4.78, 5) is 22.4. The van der Waals surface area contributed by atoms with Crippen LogP contribution >= 0.6 is 0 Å². The molecule has 0 radical (unpaired) electrons. The van der Waals surface area contributed by atoms with Crippen molar-refractivity contribution in [2.24, 2.45) is 0 Å². The van der Waals surface area contributed by atoms with Gasteiger partial charge in [0, 0.05) is 6.42 Å². The van der Waals surface area contributed by atoms with Crippen LogP contribution in [0.15, 0.2) is 0 Å². The number of esters is 2. The Labute approximate surface area is 105 Å². The van der Waals surface area contributed by atoms with Gasteiger partial charge in [-0.25, -0.2) is 4.79 Å². The third-order valence-electron chi connectivity index (χ3n) is 2.50. The molecule has 5 heteroatoms. The molecular weight excluding hydrogens is 240 g/mol. The topological polar surface area (TPSA) is 52.6 Å². The maximum Gasteiger partial charge on any atom is 0.356 e. The summed E-state index contributed by atoms with van der Waals surface area (Å²) in [5, 5.41) is 0. The highest BCUT2D eigenvalue weighted by atomic mass is 32.2. The Morgan fingerprint density at radius 3 is 2.24 bits per heavy atom. The molecule has 0 spiro atoms. The number of ether oxygens (including phenoxy) is 2. The summed E-state index contributed by atoms with van der Waals surface area (Å²) in [7, 11) is 0.243. The van der Waals surface area contributed by atoms with E-state index in [1.807, 2.05) is 6.92 Å². The second kappa shape index (κ2) is 8.39. The minimum atomic E-state index is -0.221. The van der Waals surface area contributed by atoms with Crippen molar-refractivity contribution in [1.82, 2.24) is 0 Å². The van der Waals surface area contributed by atoms with Crippen LogP contribution in [0.5, 0.6) is 0 Å². The average molecular weight is 261 g/mol. The van der Waals surface area contributed by atoms with Gasteiger partial charge < -0.3 is 9.47 Å². The highest BCUT2D eigenvalue weighted by Crippen LogP contribution is 2.13. The Bertz CT molecular complexity index is 249. The van der Waals surface area contributed by atoms with Crippen molar-refractivity contribution in [2.75, 3.05) is 30.5 Å². The second-order valence-electron chi connectivity index (χ2n) is 4.06. The number of carbonyl (C=O) groups is 2. The first-order valence-corrected chi connectivity index (χ1v) is 7.91. The largest absolute Gasteiger partial charge is 0.462 e. The molecule has 1 aliphatic rings. The highest BCUT2D eigenvalue weighted by molar-refractivity contribution is 7.97. The average Bonchev–Trinajstić information content (AvgIpc) is 2.77.